The van der Waals surface area contributed by atoms with E-state index in [1.807, 2.05) is 6.92 Å². The van der Waals surface area contributed by atoms with Crippen LogP contribution >= 0.6 is 11.6 Å². The zero-order valence-electron chi connectivity index (χ0n) is 16.0. The third-order valence-electron chi connectivity index (χ3n) is 4.55. The number of fused-ring (bicyclic) bond motifs is 1. The van der Waals surface area contributed by atoms with Crippen LogP contribution in [0.3, 0.4) is 0 Å². The lowest BCUT2D eigenvalue weighted by Gasteiger charge is -2.38. The molecule has 2 heterocycles. The number of halogens is 1. The van der Waals surface area contributed by atoms with Crippen molar-refractivity contribution in [2.45, 2.75) is 32.3 Å². The smallest absolute Gasteiger partial charge is 0.282 e. The van der Waals surface area contributed by atoms with E-state index in [2.05, 4.69) is 10.3 Å². The van der Waals surface area contributed by atoms with Gasteiger partial charge in [-0.3, -0.25) is 14.5 Å². The molecule has 0 fully saturated rings. The molecule has 0 radical (unpaired) electrons. The van der Waals surface area contributed by atoms with E-state index in [4.69, 9.17) is 21.1 Å². The van der Waals surface area contributed by atoms with E-state index in [-0.39, 0.29) is 0 Å². The van der Waals surface area contributed by atoms with Gasteiger partial charge in [0.05, 0.1) is 12.8 Å². The monoisotopic (exact) mass is 403 g/mol. The molecule has 1 aliphatic heterocycles. The Labute approximate surface area is 168 Å². The summed E-state index contributed by atoms with van der Waals surface area (Å²) < 4.78 is 11.1. The quantitative estimate of drug-likeness (QED) is 0.744. The number of anilines is 2. The van der Waals surface area contributed by atoms with Crippen LogP contribution in [0, 0.1) is 0 Å². The fraction of sp³-hybridized carbons (Fsp3) is 0.350. The Bertz CT molecular complexity index is 905. The summed E-state index contributed by atoms with van der Waals surface area (Å²) >= 11 is 6.03. The van der Waals surface area contributed by atoms with Gasteiger partial charge in [0.2, 0.25) is 0 Å². The summed E-state index contributed by atoms with van der Waals surface area (Å²) in [4.78, 5) is 32.1. The van der Waals surface area contributed by atoms with E-state index in [1.54, 1.807) is 36.5 Å². The summed E-state index contributed by atoms with van der Waals surface area (Å²) in [6.45, 7) is 3.93. The normalized spacial score (nSPS) is 18.3. The molecule has 0 spiro atoms. The third-order valence-corrected chi connectivity index (χ3v) is 4.79. The molecule has 1 atom stereocenters. The number of nitrogens with zero attached hydrogens (tertiary/aromatic N) is 2. The lowest BCUT2D eigenvalue weighted by molar-refractivity contribution is -0.145. The largest absolute Gasteiger partial charge is 0.495 e. The first-order chi connectivity index (χ1) is 13.4. The summed E-state index contributed by atoms with van der Waals surface area (Å²) in [7, 11) is 1.48. The fourth-order valence-electron chi connectivity index (χ4n) is 2.97. The maximum Gasteiger partial charge on any atom is 0.282 e. The summed E-state index contributed by atoms with van der Waals surface area (Å²) in [6.07, 6.45) is 3.27. The lowest BCUT2D eigenvalue weighted by Crippen LogP contribution is -2.61. The molecule has 2 amide bonds. The van der Waals surface area contributed by atoms with E-state index < -0.39 is 17.4 Å². The summed E-state index contributed by atoms with van der Waals surface area (Å²) in [6, 6.07) is 8.23. The number of hydrogen-bond acceptors (Lipinski definition) is 5. The van der Waals surface area contributed by atoms with Gasteiger partial charge >= 0.3 is 0 Å². The highest BCUT2D eigenvalue weighted by atomic mass is 35.5. The number of carbonyl (C=O) groups is 2. The van der Waals surface area contributed by atoms with Crippen LogP contribution in [0.4, 0.5) is 11.5 Å². The van der Waals surface area contributed by atoms with Crippen LogP contribution in [0.2, 0.25) is 5.02 Å². The molecule has 1 aromatic carbocycles. The minimum absolute atomic E-state index is 0.356. The van der Waals surface area contributed by atoms with E-state index >= 15 is 0 Å². The van der Waals surface area contributed by atoms with Gasteiger partial charge in [0, 0.05) is 17.8 Å². The molecule has 148 valence electrons. The van der Waals surface area contributed by atoms with Gasteiger partial charge < -0.3 is 14.8 Å². The van der Waals surface area contributed by atoms with Crippen LogP contribution in [-0.2, 0) is 9.59 Å². The van der Waals surface area contributed by atoms with Crippen LogP contribution < -0.4 is 19.7 Å². The number of nitrogens with one attached hydrogen (secondary N) is 1. The molecule has 0 unspecified atom stereocenters. The van der Waals surface area contributed by atoms with Gasteiger partial charge in [-0.15, -0.1) is 0 Å². The number of ether oxygens (including phenoxy) is 2. The topological polar surface area (TPSA) is 80.8 Å². The van der Waals surface area contributed by atoms with Crippen molar-refractivity contribution in [1.82, 2.24) is 4.98 Å². The second kappa shape index (κ2) is 8.06. The highest BCUT2D eigenvalue weighted by molar-refractivity contribution is 6.31. The third kappa shape index (κ3) is 3.62. The highest BCUT2D eigenvalue weighted by Gasteiger charge is 2.51. The fourth-order valence-corrected chi connectivity index (χ4v) is 3.14. The zero-order valence-corrected chi connectivity index (χ0v) is 16.7. The van der Waals surface area contributed by atoms with Crippen molar-refractivity contribution in [2.24, 2.45) is 0 Å². The molecule has 28 heavy (non-hydrogen) atoms. The molecule has 2 aromatic rings. The van der Waals surface area contributed by atoms with Crippen LogP contribution in [0.5, 0.6) is 11.5 Å². The molecular weight excluding hydrogens is 382 g/mol. The molecule has 0 saturated heterocycles. The Hall–Kier alpha value is -2.80. The Morgan fingerprint density at radius 2 is 2.18 bits per heavy atom. The molecule has 1 aromatic heterocycles. The number of hydrogen-bond donors (Lipinski definition) is 1. The number of methoxy groups -OCH3 is 1. The summed E-state index contributed by atoms with van der Waals surface area (Å²) in [5.41, 5.74) is -1.40. The Morgan fingerprint density at radius 1 is 1.39 bits per heavy atom. The van der Waals surface area contributed by atoms with Crippen molar-refractivity contribution in [3.05, 3.63) is 41.6 Å². The molecule has 3 rings (SSSR count). The Kier molecular flexibility index (Phi) is 5.74. The van der Waals surface area contributed by atoms with Crippen molar-refractivity contribution in [2.75, 3.05) is 23.9 Å². The number of benzene rings is 1. The summed E-state index contributed by atoms with van der Waals surface area (Å²) in [5, 5.41) is 3.14. The van der Waals surface area contributed by atoms with Crippen LogP contribution in [0.25, 0.3) is 0 Å². The minimum Gasteiger partial charge on any atom is -0.495 e. The second-order valence-electron chi connectivity index (χ2n) is 6.57. The molecular formula is C20H22ClN3O4. The summed E-state index contributed by atoms with van der Waals surface area (Å²) in [5.74, 6) is 0.148. The first kappa shape index (κ1) is 19.9. The average Bonchev–Trinajstić information content (AvgIpc) is 2.68. The van der Waals surface area contributed by atoms with Crippen LogP contribution in [0.15, 0.2) is 36.5 Å². The number of rotatable bonds is 6. The van der Waals surface area contributed by atoms with Crippen molar-refractivity contribution in [1.29, 1.82) is 0 Å². The maximum absolute atomic E-state index is 13.2. The number of amides is 2. The molecule has 1 aliphatic rings. The van der Waals surface area contributed by atoms with E-state index in [0.717, 1.165) is 12.8 Å². The molecule has 1 N–H and O–H groups in total. The van der Waals surface area contributed by atoms with E-state index in [9.17, 15) is 9.59 Å². The number of unbranched alkanes of at least 4 members (excludes halogenated alkanes) is 1. The van der Waals surface area contributed by atoms with Gasteiger partial charge in [-0.05, 0) is 43.7 Å². The molecule has 0 bridgehead atoms. The highest BCUT2D eigenvalue weighted by Crippen LogP contribution is 2.37. The lowest BCUT2D eigenvalue weighted by atomic mass is 10.0. The van der Waals surface area contributed by atoms with Gasteiger partial charge in [-0.1, -0.05) is 24.9 Å². The molecule has 7 nitrogen and oxygen atoms in total. The number of aromatic nitrogens is 1. The average molecular weight is 404 g/mol. The number of pyridine rings is 1. The standard InChI is InChI=1S/C20H22ClN3O4/c1-4-5-11-24-17-16(7-6-10-22-17)28-20(2,19(24)26)18(25)23-14-12-13(21)8-9-15(14)27-3/h6-10,12H,4-5,11H2,1-3H3,(H,23,25)/t20-/m0/s1. The Balaban J connectivity index is 1.95. The van der Waals surface area contributed by atoms with E-state index in [0.29, 0.717) is 34.6 Å². The van der Waals surface area contributed by atoms with Gasteiger partial charge in [-0.2, -0.15) is 0 Å². The molecule has 0 saturated carbocycles. The van der Waals surface area contributed by atoms with Crippen molar-refractivity contribution in [3.8, 4) is 11.5 Å². The van der Waals surface area contributed by atoms with Crippen molar-refractivity contribution in [3.63, 3.8) is 0 Å². The second-order valence-corrected chi connectivity index (χ2v) is 7.01. The SMILES string of the molecule is CCCCN1C(=O)[C@](C)(C(=O)Nc2cc(Cl)ccc2OC)Oc2cccnc21. The van der Waals surface area contributed by atoms with Crippen molar-refractivity contribution >= 4 is 34.9 Å². The Morgan fingerprint density at radius 3 is 2.89 bits per heavy atom. The van der Waals surface area contributed by atoms with Gasteiger partial charge in [0.25, 0.3) is 17.4 Å². The predicted molar refractivity (Wildman–Crippen MR) is 107 cm³/mol. The maximum atomic E-state index is 13.2. The first-order valence-electron chi connectivity index (χ1n) is 9.01. The predicted octanol–water partition coefficient (Wildman–Crippen LogP) is 3.67. The van der Waals surface area contributed by atoms with Crippen LogP contribution in [-0.4, -0.2) is 36.1 Å². The minimum atomic E-state index is -1.75. The van der Waals surface area contributed by atoms with Gasteiger partial charge in [0.1, 0.15) is 5.75 Å². The number of carbonyl (C=O) groups excluding carboxylic acids is 2. The van der Waals surface area contributed by atoms with Crippen LogP contribution in [0.1, 0.15) is 26.7 Å². The zero-order chi connectivity index (χ0) is 20.3. The van der Waals surface area contributed by atoms with Crippen molar-refractivity contribution < 1.29 is 19.1 Å². The van der Waals surface area contributed by atoms with Gasteiger partial charge in [0.15, 0.2) is 11.6 Å². The molecule has 0 aliphatic carbocycles. The molecule has 8 heteroatoms. The first-order valence-corrected chi connectivity index (χ1v) is 9.39. The van der Waals surface area contributed by atoms with Gasteiger partial charge in [-0.25, -0.2) is 4.98 Å². The van der Waals surface area contributed by atoms with E-state index in [1.165, 1.54) is 18.9 Å².